The molecule has 0 unspecified atom stereocenters. The molecule has 1 heterocycles. The number of nitrogens with two attached hydrogens (primary N) is 1. The van der Waals surface area contributed by atoms with Crippen LogP contribution in [0.2, 0.25) is 0 Å². The van der Waals surface area contributed by atoms with Gasteiger partial charge < -0.3 is 10.2 Å². The Labute approximate surface area is 134 Å². The summed E-state index contributed by atoms with van der Waals surface area (Å²) in [6.45, 7) is 0. The van der Waals surface area contributed by atoms with Gasteiger partial charge in [0, 0.05) is 0 Å². The molecule has 0 atom stereocenters. The van der Waals surface area contributed by atoms with E-state index in [4.69, 9.17) is 10.2 Å². The molecule has 3 aromatic carbocycles. The Hall–Kier alpha value is -3.07. The second kappa shape index (κ2) is 5.61. The van der Waals surface area contributed by atoms with E-state index in [1.54, 1.807) is 0 Å². The zero-order chi connectivity index (χ0) is 15.6. The third kappa shape index (κ3) is 2.46. The average Bonchev–Trinajstić information content (AvgIpc) is 3.02. The van der Waals surface area contributed by atoms with Gasteiger partial charge in [-0.05, 0) is 23.3 Å². The molecule has 4 rings (SSSR count). The molecule has 0 spiro atoms. The summed E-state index contributed by atoms with van der Waals surface area (Å²) in [4.78, 5) is 4.67. The van der Waals surface area contributed by atoms with Gasteiger partial charge in [-0.25, -0.2) is 4.98 Å². The maximum atomic E-state index is 6.03. The molecule has 3 nitrogen and oxygen atoms in total. The molecule has 112 valence electrons. The van der Waals surface area contributed by atoms with Crippen molar-refractivity contribution in [2.24, 2.45) is 0 Å². The lowest BCUT2D eigenvalue weighted by molar-refractivity contribution is 0.522. The first-order valence-corrected chi connectivity index (χ1v) is 7.58. The predicted molar refractivity (Wildman–Crippen MR) is 92.3 cm³/mol. The summed E-state index contributed by atoms with van der Waals surface area (Å²) in [5, 5.41) is 0. The van der Waals surface area contributed by atoms with Crippen LogP contribution >= 0.6 is 0 Å². The highest BCUT2D eigenvalue weighted by Gasteiger charge is 2.22. The number of rotatable bonds is 3. The third-order valence-electron chi connectivity index (χ3n) is 3.98. The normalized spacial score (nSPS) is 11.2. The van der Waals surface area contributed by atoms with Crippen LogP contribution in [0.1, 0.15) is 22.9 Å². The van der Waals surface area contributed by atoms with Crippen LogP contribution in [0.3, 0.4) is 0 Å². The molecular formula is C20H16N2O. The first-order valence-electron chi connectivity index (χ1n) is 7.58. The Bertz CT molecular complexity index is 890. The van der Waals surface area contributed by atoms with Crippen molar-refractivity contribution < 1.29 is 4.42 Å². The molecule has 4 aromatic rings. The SMILES string of the molecule is Nc1cccc2oc(C(c3ccccc3)c3ccccc3)nc12. The van der Waals surface area contributed by atoms with Crippen molar-refractivity contribution in [1.82, 2.24) is 4.98 Å². The number of anilines is 1. The lowest BCUT2D eigenvalue weighted by Gasteiger charge is -2.14. The van der Waals surface area contributed by atoms with Gasteiger partial charge in [0.2, 0.25) is 5.89 Å². The molecule has 3 heteroatoms. The summed E-state index contributed by atoms with van der Waals surface area (Å²) in [5.74, 6) is 0.611. The van der Waals surface area contributed by atoms with Gasteiger partial charge in [-0.1, -0.05) is 66.7 Å². The summed E-state index contributed by atoms with van der Waals surface area (Å²) >= 11 is 0. The summed E-state index contributed by atoms with van der Waals surface area (Å²) in [6, 6.07) is 26.1. The Morgan fingerprint density at radius 1 is 0.739 bits per heavy atom. The van der Waals surface area contributed by atoms with E-state index in [-0.39, 0.29) is 5.92 Å². The van der Waals surface area contributed by atoms with Crippen molar-refractivity contribution in [3.8, 4) is 0 Å². The highest BCUT2D eigenvalue weighted by atomic mass is 16.3. The Kier molecular flexibility index (Phi) is 3.31. The van der Waals surface area contributed by atoms with Crippen molar-refractivity contribution in [3.05, 3.63) is 95.9 Å². The maximum absolute atomic E-state index is 6.03. The molecule has 0 radical (unpaired) electrons. The van der Waals surface area contributed by atoms with Gasteiger partial charge in [-0.2, -0.15) is 0 Å². The monoisotopic (exact) mass is 300 g/mol. The van der Waals surface area contributed by atoms with Gasteiger partial charge in [-0.3, -0.25) is 0 Å². The number of nitrogen functional groups attached to an aromatic ring is 1. The largest absolute Gasteiger partial charge is 0.440 e. The van der Waals surface area contributed by atoms with Gasteiger partial charge >= 0.3 is 0 Å². The van der Waals surface area contributed by atoms with Crippen LogP contribution in [0.15, 0.2) is 83.3 Å². The quantitative estimate of drug-likeness (QED) is 0.563. The van der Waals surface area contributed by atoms with E-state index in [9.17, 15) is 0 Å². The zero-order valence-electron chi connectivity index (χ0n) is 12.5. The zero-order valence-corrected chi connectivity index (χ0v) is 12.5. The Balaban J connectivity index is 1.92. The fourth-order valence-corrected chi connectivity index (χ4v) is 2.88. The summed E-state index contributed by atoms with van der Waals surface area (Å²) in [5.41, 5.74) is 10.4. The van der Waals surface area contributed by atoms with Gasteiger partial charge in [0.1, 0.15) is 5.52 Å². The molecular weight excluding hydrogens is 284 g/mol. The van der Waals surface area contributed by atoms with Crippen LogP contribution in [0.5, 0.6) is 0 Å². The number of fused-ring (bicyclic) bond motifs is 1. The number of aromatic nitrogens is 1. The van der Waals surface area contributed by atoms with Gasteiger partial charge in [0.15, 0.2) is 5.58 Å². The number of oxazole rings is 1. The number of nitrogens with zero attached hydrogens (tertiary/aromatic N) is 1. The lowest BCUT2D eigenvalue weighted by Crippen LogP contribution is -2.03. The van der Waals surface area contributed by atoms with E-state index < -0.39 is 0 Å². The van der Waals surface area contributed by atoms with Crippen LogP contribution < -0.4 is 5.73 Å². The van der Waals surface area contributed by atoms with Crippen LogP contribution in [-0.2, 0) is 0 Å². The van der Waals surface area contributed by atoms with Crippen molar-refractivity contribution >= 4 is 16.8 Å². The standard InChI is InChI=1S/C20H16N2O/c21-16-12-7-13-17-19(16)22-20(23-17)18(14-8-3-1-4-9-14)15-10-5-2-6-11-15/h1-13,18H,21H2. The predicted octanol–water partition coefficient (Wildman–Crippen LogP) is 4.59. The van der Waals surface area contributed by atoms with Gasteiger partial charge in [-0.15, -0.1) is 0 Å². The van der Waals surface area contributed by atoms with E-state index in [1.807, 2.05) is 54.6 Å². The van der Waals surface area contributed by atoms with E-state index in [1.165, 1.54) is 0 Å². The van der Waals surface area contributed by atoms with Crippen LogP contribution in [-0.4, -0.2) is 4.98 Å². The van der Waals surface area contributed by atoms with E-state index in [0.717, 1.165) is 22.2 Å². The summed E-state index contributed by atoms with van der Waals surface area (Å²) in [7, 11) is 0. The van der Waals surface area contributed by atoms with Crippen molar-refractivity contribution in [1.29, 1.82) is 0 Å². The molecule has 0 bridgehead atoms. The molecule has 2 N–H and O–H groups in total. The van der Waals surface area contributed by atoms with Crippen LogP contribution in [0, 0.1) is 0 Å². The molecule has 0 saturated carbocycles. The molecule has 0 aliphatic rings. The Morgan fingerprint density at radius 2 is 1.35 bits per heavy atom. The van der Waals surface area contributed by atoms with Crippen molar-refractivity contribution in [3.63, 3.8) is 0 Å². The maximum Gasteiger partial charge on any atom is 0.207 e. The van der Waals surface area contributed by atoms with Crippen LogP contribution in [0.4, 0.5) is 5.69 Å². The first kappa shape index (κ1) is 13.6. The van der Waals surface area contributed by atoms with Gasteiger partial charge in [0.05, 0.1) is 11.6 Å². The molecule has 1 aromatic heterocycles. The fraction of sp³-hybridized carbons (Fsp3) is 0.0500. The Morgan fingerprint density at radius 3 is 1.91 bits per heavy atom. The second-order valence-electron chi connectivity index (χ2n) is 5.50. The molecule has 0 saturated heterocycles. The van der Waals surface area contributed by atoms with Crippen molar-refractivity contribution in [2.75, 3.05) is 5.73 Å². The minimum absolute atomic E-state index is 0.0517. The third-order valence-corrected chi connectivity index (χ3v) is 3.98. The molecule has 0 fully saturated rings. The topological polar surface area (TPSA) is 52.0 Å². The second-order valence-corrected chi connectivity index (χ2v) is 5.50. The van der Waals surface area contributed by atoms with Gasteiger partial charge in [0.25, 0.3) is 0 Å². The minimum Gasteiger partial charge on any atom is -0.440 e. The summed E-state index contributed by atoms with van der Waals surface area (Å²) < 4.78 is 6.03. The highest BCUT2D eigenvalue weighted by molar-refractivity contribution is 5.85. The van der Waals surface area contributed by atoms with E-state index in [0.29, 0.717) is 11.6 Å². The smallest absolute Gasteiger partial charge is 0.207 e. The van der Waals surface area contributed by atoms with E-state index >= 15 is 0 Å². The van der Waals surface area contributed by atoms with E-state index in [2.05, 4.69) is 29.2 Å². The van der Waals surface area contributed by atoms with Crippen LogP contribution in [0.25, 0.3) is 11.1 Å². The number of hydrogen-bond donors (Lipinski definition) is 1. The number of benzene rings is 3. The molecule has 23 heavy (non-hydrogen) atoms. The number of hydrogen-bond acceptors (Lipinski definition) is 3. The van der Waals surface area contributed by atoms with Crippen molar-refractivity contribution in [2.45, 2.75) is 5.92 Å². The highest BCUT2D eigenvalue weighted by Crippen LogP contribution is 2.34. The molecule has 0 aliphatic carbocycles. The minimum atomic E-state index is -0.0517. The molecule has 0 amide bonds. The first-order chi connectivity index (χ1) is 11.3. The summed E-state index contributed by atoms with van der Waals surface area (Å²) in [6.07, 6.45) is 0. The number of para-hydroxylation sites is 1. The lowest BCUT2D eigenvalue weighted by atomic mass is 9.91. The molecule has 0 aliphatic heterocycles. The average molecular weight is 300 g/mol. The fourth-order valence-electron chi connectivity index (χ4n) is 2.88.